The second-order valence-corrected chi connectivity index (χ2v) is 5.41. The quantitative estimate of drug-likeness (QED) is 0.929. The SMILES string of the molecule is COc1cc2nc(NC(C)(C)C)oc(=O)c2cc1OC. The van der Waals surface area contributed by atoms with Gasteiger partial charge in [-0.2, -0.15) is 4.98 Å². The van der Waals surface area contributed by atoms with Gasteiger partial charge in [-0.3, -0.25) is 0 Å². The van der Waals surface area contributed by atoms with Crippen molar-refractivity contribution < 1.29 is 13.9 Å². The molecule has 1 aromatic carbocycles. The van der Waals surface area contributed by atoms with E-state index in [0.717, 1.165) is 0 Å². The van der Waals surface area contributed by atoms with Gasteiger partial charge >= 0.3 is 5.63 Å². The van der Waals surface area contributed by atoms with Crippen LogP contribution in [-0.4, -0.2) is 24.7 Å². The molecule has 0 amide bonds. The minimum absolute atomic E-state index is 0.183. The Bertz CT molecular complexity index is 686. The second kappa shape index (κ2) is 5.03. The van der Waals surface area contributed by atoms with Crippen LogP contribution in [0.3, 0.4) is 0 Å². The van der Waals surface area contributed by atoms with Crippen LogP contribution < -0.4 is 20.4 Å². The van der Waals surface area contributed by atoms with Crippen LogP contribution in [0.2, 0.25) is 0 Å². The van der Waals surface area contributed by atoms with E-state index in [9.17, 15) is 4.79 Å². The molecule has 0 saturated carbocycles. The number of methoxy groups -OCH3 is 2. The highest BCUT2D eigenvalue weighted by atomic mass is 16.5. The molecule has 0 atom stereocenters. The first-order chi connectivity index (χ1) is 9.34. The highest BCUT2D eigenvalue weighted by molar-refractivity contribution is 5.82. The zero-order valence-electron chi connectivity index (χ0n) is 12.2. The van der Waals surface area contributed by atoms with Crippen molar-refractivity contribution in [1.82, 2.24) is 4.98 Å². The van der Waals surface area contributed by atoms with Gasteiger partial charge in [-0.05, 0) is 20.8 Å². The van der Waals surface area contributed by atoms with Gasteiger partial charge in [0.1, 0.15) is 0 Å². The van der Waals surface area contributed by atoms with Gasteiger partial charge in [0.2, 0.25) is 0 Å². The molecule has 2 rings (SSSR count). The van der Waals surface area contributed by atoms with Gasteiger partial charge in [0.25, 0.3) is 6.01 Å². The summed E-state index contributed by atoms with van der Waals surface area (Å²) in [6.45, 7) is 5.86. The van der Waals surface area contributed by atoms with E-state index < -0.39 is 5.63 Å². The molecule has 1 heterocycles. The molecule has 2 aromatic rings. The van der Waals surface area contributed by atoms with Crippen LogP contribution in [0.5, 0.6) is 11.5 Å². The molecule has 0 aliphatic carbocycles. The van der Waals surface area contributed by atoms with Crippen LogP contribution in [0.4, 0.5) is 6.01 Å². The maximum atomic E-state index is 12.0. The summed E-state index contributed by atoms with van der Waals surface area (Å²) in [4.78, 5) is 16.3. The summed E-state index contributed by atoms with van der Waals surface area (Å²) in [5, 5.41) is 3.38. The molecule has 0 unspecified atom stereocenters. The monoisotopic (exact) mass is 278 g/mol. The van der Waals surface area contributed by atoms with E-state index >= 15 is 0 Å². The van der Waals surface area contributed by atoms with E-state index in [1.165, 1.54) is 14.2 Å². The van der Waals surface area contributed by atoms with E-state index in [0.29, 0.717) is 22.4 Å². The fourth-order valence-electron chi connectivity index (χ4n) is 1.77. The molecule has 0 radical (unpaired) electrons. The summed E-state index contributed by atoms with van der Waals surface area (Å²) in [7, 11) is 3.04. The Labute approximate surface area is 116 Å². The number of benzene rings is 1. The number of fused-ring (bicyclic) bond motifs is 1. The summed E-state index contributed by atoms with van der Waals surface area (Å²) < 4.78 is 15.5. The predicted molar refractivity (Wildman–Crippen MR) is 76.8 cm³/mol. The molecule has 0 aliphatic heterocycles. The van der Waals surface area contributed by atoms with Gasteiger partial charge in [0.15, 0.2) is 11.5 Å². The fourth-order valence-corrected chi connectivity index (χ4v) is 1.77. The number of rotatable bonds is 3. The Hall–Kier alpha value is -2.24. The standard InChI is InChI=1S/C14H18N2O4/c1-14(2,3)16-13-15-9-7-11(19-5)10(18-4)6-8(9)12(17)20-13/h6-7H,1-5H3,(H,15,16). The molecule has 0 fully saturated rings. The third kappa shape index (κ3) is 2.84. The van der Waals surface area contributed by atoms with E-state index in [1.807, 2.05) is 20.8 Å². The molecule has 6 nitrogen and oxygen atoms in total. The lowest BCUT2D eigenvalue weighted by atomic mass is 10.1. The average molecular weight is 278 g/mol. The van der Waals surface area contributed by atoms with Crippen LogP contribution >= 0.6 is 0 Å². The number of hydrogen-bond donors (Lipinski definition) is 1. The molecular formula is C14H18N2O4. The summed E-state index contributed by atoms with van der Waals surface area (Å²) in [6.07, 6.45) is 0. The topological polar surface area (TPSA) is 73.6 Å². The first-order valence-electron chi connectivity index (χ1n) is 6.19. The van der Waals surface area contributed by atoms with Crippen molar-refractivity contribution in [1.29, 1.82) is 0 Å². The van der Waals surface area contributed by atoms with Gasteiger partial charge in [0, 0.05) is 17.7 Å². The average Bonchev–Trinajstić information content (AvgIpc) is 2.35. The predicted octanol–water partition coefficient (Wildman–Crippen LogP) is 2.42. The van der Waals surface area contributed by atoms with Crippen molar-refractivity contribution in [2.45, 2.75) is 26.3 Å². The zero-order chi connectivity index (χ0) is 14.9. The lowest BCUT2D eigenvalue weighted by Gasteiger charge is -2.19. The minimum atomic E-state index is -0.470. The first kappa shape index (κ1) is 14.2. The van der Waals surface area contributed by atoms with Crippen molar-refractivity contribution in [2.75, 3.05) is 19.5 Å². The van der Waals surface area contributed by atoms with Gasteiger partial charge in [-0.1, -0.05) is 0 Å². The third-order valence-electron chi connectivity index (χ3n) is 2.62. The highest BCUT2D eigenvalue weighted by Gasteiger charge is 2.16. The van der Waals surface area contributed by atoms with E-state index in [-0.39, 0.29) is 11.6 Å². The number of aromatic nitrogens is 1. The summed E-state index contributed by atoms with van der Waals surface area (Å²) in [5.74, 6) is 0.977. The van der Waals surface area contributed by atoms with E-state index in [1.54, 1.807) is 12.1 Å². The number of ether oxygens (including phenoxy) is 2. The van der Waals surface area contributed by atoms with Crippen molar-refractivity contribution in [3.63, 3.8) is 0 Å². The molecule has 1 N–H and O–H groups in total. The third-order valence-corrected chi connectivity index (χ3v) is 2.62. The Morgan fingerprint density at radius 3 is 2.30 bits per heavy atom. The summed E-state index contributed by atoms with van der Waals surface area (Å²) >= 11 is 0. The molecule has 6 heteroatoms. The van der Waals surface area contributed by atoms with Crippen LogP contribution in [0.15, 0.2) is 21.3 Å². The number of anilines is 1. The molecule has 0 spiro atoms. The maximum absolute atomic E-state index is 12.0. The van der Waals surface area contributed by atoms with Gasteiger partial charge in [0.05, 0.1) is 25.1 Å². The highest BCUT2D eigenvalue weighted by Crippen LogP contribution is 2.30. The maximum Gasteiger partial charge on any atom is 0.348 e. The van der Waals surface area contributed by atoms with Crippen LogP contribution in [0, 0.1) is 0 Å². The zero-order valence-corrected chi connectivity index (χ0v) is 12.2. The van der Waals surface area contributed by atoms with E-state index in [2.05, 4.69) is 10.3 Å². The molecule has 0 bridgehead atoms. The van der Waals surface area contributed by atoms with Crippen molar-refractivity contribution in [2.24, 2.45) is 0 Å². The second-order valence-electron chi connectivity index (χ2n) is 5.41. The van der Waals surface area contributed by atoms with Gasteiger partial charge in [-0.15, -0.1) is 0 Å². The molecule has 108 valence electrons. The normalized spacial score (nSPS) is 11.4. The number of hydrogen-bond acceptors (Lipinski definition) is 6. The van der Waals surface area contributed by atoms with E-state index in [4.69, 9.17) is 13.9 Å². The van der Waals surface area contributed by atoms with Gasteiger partial charge in [-0.25, -0.2) is 4.79 Å². The van der Waals surface area contributed by atoms with Crippen LogP contribution in [0.25, 0.3) is 10.9 Å². The lowest BCUT2D eigenvalue weighted by Crippen LogP contribution is -2.27. The fraction of sp³-hybridized carbons (Fsp3) is 0.429. The number of nitrogens with zero attached hydrogens (tertiary/aromatic N) is 1. The van der Waals surface area contributed by atoms with Crippen molar-refractivity contribution in [3.8, 4) is 11.5 Å². The molecule has 1 aromatic heterocycles. The van der Waals surface area contributed by atoms with Crippen LogP contribution in [0.1, 0.15) is 20.8 Å². The lowest BCUT2D eigenvalue weighted by molar-refractivity contribution is 0.355. The molecule has 20 heavy (non-hydrogen) atoms. The van der Waals surface area contributed by atoms with Crippen molar-refractivity contribution >= 4 is 16.9 Å². The largest absolute Gasteiger partial charge is 0.493 e. The molecule has 0 aliphatic rings. The Balaban J connectivity index is 2.62. The molecular weight excluding hydrogens is 260 g/mol. The van der Waals surface area contributed by atoms with Crippen molar-refractivity contribution in [3.05, 3.63) is 22.6 Å². The summed E-state index contributed by atoms with van der Waals surface area (Å²) in [6, 6.07) is 3.40. The smallest absolute Gasteiger partial charge is 0.348 e. The Morgan fingerprint density at radius 2 is 1.75 bits per heavy atom. The summed E-state index contributed by atoms with van der Waals surface area (Å²) in [5.41, 5.74) is -0.235. The first-order valence-corrected chi connectivity index (χ1v) is 6.19. The minimum Gasteiger partial charge on any atom is -0.493 e. The van der Waals surface area contributed by atoms with Crippen LogP contribution in [-0.2, 0) is 0 Å². The Morgan fingerprint density at radius 1 is 1.15 bits per heavy atom. The number of nitrogens with one attached hydrogen (secondary N) is 1. The molecule has 0 saturated heterocycles. The Kier molecular flexibility index (Phi) is 3.57. The van der Waals surface area contributed by atoms with Gasteiger partial charge < -0.3 is 19.2 Å².